The number of nitrogens with one attached hydrogen (secondary N) is 1. The molecular weight excluding hydrogens is 454 g/mol. The molecule has 2 heterocycles. The van der Waals surface area contributed by atoms with Crippen LogP contribution in [0.5, 0.6) is 0 Å². The quantitative estimate of drug-likeness (QED) is 0.393. The van der Waals surface area contributed by atoms with Crippen LogP contribution in [-0.2, 0) is 24.3 Å². The molecule has 8 nitrogen and oxygen atoms in total. The molecule has 0 bridgehead atoms. The standard InChI is InChI=1S/C25H24ClN5O3/c1-2-30-23-20(15-28-22(29-23)18-10-12-19(26)13-11-18)24(33)31(25(30)34)16-21(32)27-14-6-9-17-7-4-3-5-8-17/h3-5,7-8,10-13,15H,2,6,9,14,16H2,1H3,(H,27,32). The summed E-state index contributed by atoms with van der Waals surface area (Å²) in [6.45, 7) is 2.15. The van der Waals surface area contributed by atoms with E-state index in [0.717, 1.165) is 17.4 Å². The number of rotatable bonds is 8. The van der Waals surface area contributed by atoms with E-state index in [-0.39, 0.29) is 24.1 Å². The number of benzene rings is 2. The fourth-order valence-corrected chi connectivity index (χ4v) is 3.85. The molecule has 34 heavy (non-hydrogen) atoms. The molecule has 1 N–H and O–H groups in total. The molecule has 4 aromatic rings. The molecule has 0 aliphatic carbocycles. The summed E-state index contributed by atoms with van der Waals surface area (Å²) in [7, 11) is 0. The van der Waals surface area contributed by atoms with Gasteiger partial charge in [-0.15, -0.1) is 0 Å². The van der Waals surface area contributed by atoms with Gasteiger partial charge in [0.15, 0.2) is 11.5 Å². The number of hydrogen-bond donors (Lipinski definition) is 1. The van der Waals surface area contributed by atoms with Gasteiger partial charge in [0.1, 0.15) is 11.9 Å². The number of amides is 1. The zero-order chi connectivity index (χ0) is 24.1. The van der Waals surface area contributed by atoms with Gasteiger partial charge in [0.2, 0.25) is 5.91 Å². The molecule has 4 rings (SSSR count). The Labute approximate surface area is 200 Å². The zero-order valence-electron chi connectivity index (χ0n) is 18.7. The van der Waals surface area contributed by atoms with Crippen molar-refractivity contribution in [3.05, 3.63) is 92.2 Å². The van der Waals surface area contributed by atoms with Crippen LogP contribution in [-0.4, -0.2) is 31.6 Å². The van der Waals surface area contributed by atoms with Crippen LogP contribution in [0.3, 0.4) is 0 Å². The van der Waals surface area contributed by atoms with Crippen LogP contribution in [0.25, 0.3) is 22.4 Å². The minimum absolute atomic E-state index is 0.177. The molecule has 0 aliphatic heterocycles. The average molecular weight is 478 g/mol. The number of aromatic nitrogens is 4. The summed E-state index contributed by atoms with van der Waals surface area (Å²) in [5, 5.41) is 3.54. The fourth-order valence-electron chi connectivity index (χ4n) is 3.73. The first-order valence-electron chi connectivity index (χ1n) is 11.0. The van der Waals surface area contributed by atoms with Crippen LogP contribution in [0.4, 0.5) is 0 Å². The Hall–Kier alpha value is -3.78. The van der Waals surface area contributed by atoms with Crippen LogP contribution in [0.1, 0.15) is 18.9 Å². The molecule has 0 unspecified atom stereocenters. The van der Waals surface area contributed by atoms with E-state index in [1.807, 2.05) is 30.3 Å². The summed E-state index contributed by atoms with van der Waals surface area (Å²) < 4.78 is 2.31. The number of hydrogen-bond acceptors (Lipinski definition) is 5. The van der Waals surface area contributed by atoms with Crippen LogP contribution >= 0.6 is 11.6 Å². The van der Waals surface area contributed by atoms with E-state index >= 15 is 0 Å². The second kappa shape index (κ2) is 10.4. The minimum atomic E-state index is -0.591. The lowest BCUT2D eigenvalue weighted by molar-refractivity contribution is -0.121. The van der Waals surface area contributed by atoms with Crippen molar-refractivity contribution in [2.75, 3.05) is 6.54 Å². The zero-order valence-corrected chi connectivity index (χ0v) is 19.5. The first-order valence-corrected chi connectivity index (χ1v) is 11.4. The molecule has 174 valence electrons. The van der Waals surface area contributed by atoms with Gasteiger partial charge in [0.25, 0.3) is 5.56 Å². The van der Waals surface area contributed by atoms with Gasteiger partial charge in [-0.05, 0) is 49.6 Å². The largest absolute Gasteiger partial charge is 0.355 e. The average Bonchev–Trinajstić information content (AvgIpc) is 2.85. The third-order valence-corrected chi connectivity index (χ3v) is 5.74. The first-order chi connectivity index (χ1) is 16.5. The topological polar surface area (TPSA) is 98.9 Å². The number of carbonyl (C=O) groups is 1. The highest BCUT2D eigenvalue weighted by Crippen LogP contribution is 2.19. The van der Waals surface area contributed by atoms with Crippen molar-refractivity contribution in [2.45, 2.75) is 32.9 Å². The summed E-state index contributed by atoms with van der Waals surface area (Å²) in [4.78, 5) is 47.3. The Balaban J connectivity index is 1.55. The first kappa shape index (κ1) is 23.4. The van der Waals surface area contributed by atoms with Crippen LogP contribution in [0.15, 0.2) is 70.4 Å². The number of nitrogens with zero attached hydrogens (tertiary/aromatic N) is 4. The van der Waals surface area contributed by atoms with Gasteiger partial charge >= 0.3 is 5.69 Å². The Morgan fingerprint density at radius 1 is 1.03 bits per heavy atom. The van der Waals surface area contributed by atoms with Gasteiger partial charge in [-0.25, -0.2) is 14.8 Å². The van der Waals surface area contributed by atoms with E-state index in [9.17, 15) is 14.4 Å². The predicted octanol–water partition coefficient (Wildman–Crippen LogP) is 3.04. The maximum absolute atomic E-state index is 13.0. The van der Waals surface area contributed by atoms with Gasteiger partial charge in [0, 0.05) is 29.9 Å². The monoisotopic (exact) mass is 477 g/mol. The number of carbonyl (C=O) groups excluding carboxylic acids is 1. The highest BCUT2D eigenvalue weighted by atomic mass is 35.5. The molecule has 2 aromatic heterocycles. The molecule has 0 atom stereocenters. The highest BCUT2D eigenvalue weighted by molar-refractivity contribution is 6.30. The fraction of sp³-hybridized carbons (Fsp3) is 0.240. The van der Waals surface area contributed by atoms with Gasteiger partial charge in [-0.1, -0.05) is 41.9 Å². The Kier molecular flexibility index (Phi) is 7.18. The third kappa shape index (κ3) is 5.07. The molecule has 1 amide bonds. The van der Waals surface area contributed by atoms with Crippen molar-refractivity contribution in [1.29, 1.82) is 0 Å². The molecule has 0 aliphatic rings. The molecule has 0 fully saturated rings. The SMILES string of the molecule is CCn1c(=O)n(CC(=O)NCCCc2ccccc2)c(=O)c2cnc(-c3ccc(Cl)cc3)nc21. The smallest absolute Gasteiger partial charge is 0.333 e. The van der Waals surface area contributed by atoms with E-state index < -0.39 is 17.2 Å². The van der Waals surface area contributed by atoms with Gasteiger partial charge in [-0.2, -0.15) is 0 Å². The lowest BCUT2D eigenvalue weighted by atomic mass is 10.1. The van der Waals surface area contributed by atoms with E-state index in [1.54, 1.807) is 31.2 Å². The van der Waals surface area contributed by atoms with Crippen molar-refractivity contribution in [3.63, 3.8) is 0 Å². The van der Waals surface area contributed by atoms with E-state index in [0.29, 0.717) is 23.0 Å². The normalized spacial score (nSPS) is 11.0. The second-order valence-corrected chi connectivity index (χ2v) is 8.23. The van der Waals surface area contributed by atoms with E-state index in [2.05, 4.69) is 15.3 Å². The third-order valence-electron chi connectivity index (χ3n) is 5.49. The highest BCUT2D eigenvalue weighted by Gasteiger charge is 2.17. The molecule has 0 saturated heterocycles. The van der Waals surface area contributed by atoms with Crippen LogP contribution in [0.2, 0.25) is 5.02 Å². The van der Waals surface area contributed by atoms with Crippen molar-refractivity contribution in [1.82, 2.24) is 24.4 Å². The van der Waals surface area contributed by atoms with Gasteiger partial charge < -0.3 is 5.32 Å². The molecule has 0 radical (unpaired) electrons. The van der Waals surface area contributed by atoms with E-state index in [4.69, 9.17) is 11.6 Å². The summed E-state index contributed by atoms with van der Waals surface area (Å²) in [6.07, 6.45) is 2.98. The Morgan fingerprint density at radius 2 is 1.76 bits per heavy atom. The minimum Gasteiger partial charge on any atom is -0.355 e. The molecule has 2 aromatic carbocycles. The summed E-state index contributed by atoms with van der Waals surface area (Å²) in [5.74, 6) is -0.0213. The van der Waals surface area contributed by atoms with Crippen molar-refractivity contribution >= 4 is 28.5 Å². The lowest BCUT2D eigenvalue weighted by Crippen LogP contribution is -2.44. The summed E-state index contributed by atoms with van der Waals surface area (Å²) in [5.41, 5.74) is 0.954. The van der Waals surface area contributed by atoms with Crippen LogP contribution < -0.4 is 16.6 Å². The second-order valence-electron chi connectivity index (χ2n) is 7.80. The molecular formula is C25H24ClN5O3. The lowest BCUT2D eigenvalue weighted by Gasteiger charge is -2.13. The number of aryl methyl sites for hydroxylation is 2. The predicted molar refractivity (Wildman–Crippen MR) is 132 cm³/mol. The van der Waals surface area contributed by atoms with Crippen molar-refractivity contribution in [2.24, 2.45) is 0 Å². The number of halogens is 1. The van der Waals surface area contributed by atoms with Crippen LogP contribution in [0, 0.1) is 0 Å². The summed E-state index contributed by atoms with van der Waals surface area (Å²) in [6, 6.07) is 16.9. The van der Waals surface area contributed by atoms with Gasteiger partial charge in [-0.3, -0.25) is 18.7 Å². The molecule has 9 heteroatoms. The maximum Gasteiger partial charge on any atom is 0.333 e. The Morgan fingerprint density at radius 3 is 2.47 bits per heavy atom. The molecule has 0 saturated carbocycles. The van der Waals surface area contributed by atoms with Crippen molar-refractivity contribution < 1.29 is 4.79 Å². The van der Waals surface area contributed by atoms with Gasteiger partial charge in [0.05, 0.1) is 0 Å². The maximum atomic E-state index is 13.0. The summed E-state index contributed by atoms with van der Waals surface area (Å²) >= 11 is 5.95. The Bertz CT molecular complexity index is 1430. The molecule has 0 spiro atoms. The van der Waals surface area contributed by atoms with E-state index in [1.165, 1.54) is 16.3 Å². The number of fused-ring (bicyclic) bond motifs is 1. The van der Waals surface area contributed by atoms with Crippen molar-refractivity contribution in [3.8, 4) is 11.4 Å².